The van der Waals surface area contributed by atoms with E-state index in [9.17, 15) is 4.79 Å². The summed E-state index contributed by atoms with van der Waals surface area (Å²) >= 11 is 0. The van der Waals surface area contributed by atoms with Crippen molar-refractivity contribution >= 4 is 11.7 Å². The van der Waals surface area contributed by atoms with Crippen LogP contribution in [0.2, 0.25) is 0 Å². The van der Waals surface area contributed by atoms with Crippen LogP contribution < -0.4 is 15.4 Å². The molecule has 0 saturated carbocycles. The molecule has 0 atom stereocenters. The van der Waals surface area contributed by atoms with Gasteiger partial charge in [-0.1, -0.05) is 36.4 Å². The molecule has 0 spiro atoms. The van der Waals surface area contributed by atoms with Crippen molar-refractivity contribution in [3.8, 4) is 5.75 Å². The number of benzene rings is 2. The fraction of sp³-hybridized carbons (Fsp3) is 0.167. The summed E-state index contributed by atoms with van der Waals surface area (Å²) in [5.41, 5.74) is 2.76. The molecular formula is C18H19N5O2. The Morgan fingerprint density at radius 3 is 2.60 bits per heavy atom. The third-order valence-electron chi connectivity index (χ3n) is 3.64. The van der Waals surface area contributed by atoms with Crippen LogP contribution in [0.5, 0.6) is 5.75 Å². The molecule has 0 unspecified atom stereocenters. The summed E-state index contributed by atoms with van der Waals surface area (Å²) in [4.78, 5) is 16.0. The smallest absolute Gasteiger partial charge is 0.319 e. The first-order valence-corrected chi connectivity index (χ1v) is 7.82. The quantitative estimate of drug-likeness (QED) is 0.724. The van der Waals surface area contributed by atoms with E-state index in [1.807, 2.05) is 36.4 Å². The highest BCUT2D eigenvalue weighted by atomic mass is 16.5. The van der Waals surface area contributed by atoms with Gasteiger partial charge in [0.25, 0.3) is 0 Å². The van der Waals surface area contributed by atoms with Gasteiger partial charge in [0, 0.05) is 6.54 Å². The Balaban J connectivity index is 1.52. The maximum atomic E-state index is 12.0. The first-order valence-electron chi connectivity index (χ1n) is 7.82. The zero-order chi connectivity index (χ0) is 17.5. The van der Waals surface area contributed by atoms with E-state index < -0.39 is 0 Å². The number of nitrogens with zero attached hydrogens (tertiary/aromatic N) is 3. The Morgan fingerprint density at radius 1 is 1.12 bits per heavy atom. The van der Waals surface area contributed by atoms with Crippen molar-refractivity contribution in [3.05, 3.63) is 72.3 Å². The number of ether oxygens (including phenoxy) is 1. The summed E-state index contributed by atoms with van der Waals surface area (Å²) in [6.07, 6.45) is 3.19. The lowest BCUT2D eigenvalue weighted by molar-refractivity contribution is 0.251. The number of anilines is 1. The first kappa shape index (κ1) is 16.5. The van der Waals surface area contributed by atoms with Gasteiger partial charge < -0.3 is 15.4 Å². The van der Waals surface area contributed by atoms with Gasteiger partial charge in [0.1, 0.15) is 18.4 Å². The van der Waals surface area contributed by atoms with Crippen LogP contribution in [0.25, 0.3) is 0 Å². The maximum Gasteiger partial charge on any atom is 0.319 e. The molecule has 7 heteroatoms. The molecule has 1 heterocycles. The molecule has 0 aliphatic heterocycles. The van der Waals surface area contributed by atoms with Crippen molar-refractivity contribution in [3.63, 3.8) is 0 Å². The van der Waals surface area contributed by atoms with Crippen molar-refractivity contribution in [2.75, 3.05) is 12.4 Å². The fourth-order valence-corrected chi connectivity index (χ4v) is 2.36. The molecule has 0 saturated heterocycles. The first-order chi connectivity index (χ1) is 12.2. The van der Waals surface area contributed by atoms with Gasteiger partial charge in [-0.3, -0.25) is 0 Å². The molecule has 0 bridgehead atoms. The van der Waals surface area contributed by atoms with E-state index in [-0.39, 0.29) is 6.03 Å². The number of aromatic nitrogens is 3. The average molecular weight is 337 g/mol. The van der Waals surface area contributed by atoms with Crippen LogP contribution in [0.1, 0.15) is 11.1 Å². The SMILES string of the molecule is COc1ccccc1NC(=O)NCc1ccc(Cn2cncn2)cc1. The highest BCUT2D eigenvalue weighted by Crippen LogP contribution is 2.22. The largest absolute Gasteiger partial charge is 0.495 e. The highest BCUT2D eigenvalue weighted by molar-refractivity contribution is 5.90. The standard InChI is InChI=1S/C18H19N5O2/c1-25-17-5-3-2-4-16(17)22-18(24)20-10-14-6-8-15(9-7-14)11-23-13-19-12-21-23/h2-9,12-13H,10-11H2,1H3,(H2,20,22,24). The highest BCUT2D eigenvalue weighted by Gasteiger charge is 2.06. The van der Waals surface area contributed by atoms with Gasteiger partial charge >= 0.3 is 6.03 Å². The van der Waals surface area contributed by atoms with E-state index in [0.29, 0.717) is 24.5 Å². The second-order valence-corrected chi connectivity index (χ2v) is 5.42. The van der Waals surface area contributed by atoms with E-state index >= 15 is 0 Å². The molecule has 0 aliphatic rings. The summed E-state index contributed by atoms with van der Waals surface area (Å²) in [5.74, 6) is 0.620. The number of carbonyl (C=O) groups excluding carboxylic acids is 1. The van der Waals surface area contributed by atoms with Gasteiger partial charge in [-0.05, 0) is 23.3 Å². The van der Waals surface area contributed by atoms with Crippen LogP contribution in [0.15, 0.2) is 61.2 Å². The van der Waals surface area contributed by atoms with Crippen LogP contribution in [0, 0.1) is 0 Å². The molecule has 2 N–H and O–H groups in total. The van der Waals surface area contributed by atoms with Crippen molar-refractivity contribution in [2.45, 2.75) is 13.1 Å². The molecule has 3 rings (SSSR count). The Kier molecular flexibility index (Phi) is 5.26. The summed E-state index contributed by atoms with van der Waals surface area (Å²) in [7, 11) is 1.57. The van der Waals surface area contributed by atoms with Gasteiger partial charge in [-0.15, -0.1) is 0 Å². The van der Waals surface area contributed by atoms with Crippen molar-refractivity contribution in [2.24, 2.45) is 0 Å². The number of hydrogen-bond acceptors (Lipinski definition) is 4. The van der Waals surface area contributed by atoms with E-state index in [1.165, 1.54) is 6.33 Å². The summed E-state index contributed by atoms with van der Waals surface area (Å²) in [6, 6.07) is 15.0. The second kappa shape index (κ2) is 7.96. The van der Waals surface area contributed by atoms with E-state index in [2.05, 4.69) is 20.7 Å². The summed E-state index contributed by atoms with van der Waals surface area (Å²) in [6.45, 7) is 1.10. The topological polar surface area (TPSA) is 81.1 Å². The normalized spacial score (nSPS) is 10.3. The van der Waals surface area contributed by atoms with Crippen LogP contribution in [-0.2, 0) is 13.1 Å². The van der Waals surface area contributed by atoms with Crippen LogP contribution in [-0.4, -0.2) is 27.9 Å². The summed E-state index contributed by atoms with van der Waals surface area (Å²) in [5, 5.41) is 9.69. The number of nitrogens with one attached hydrogen (secondary N) is 2. The van der Waals surface area contributed by atoms with Crippen molar-refractivity contribution in [1.29, 1.82) is 0 Å². The van der Waals surface area contributed by atoms with Gasteiger partial charge in [0.2, 0.25) is 0 Å². The van der Waals surface area contributed by atoms with Crippen LogP contribution in [0.4, 0.5) is 10.5 Å². The minimum atomic E-state index is -0.281. The van der Waals surface area contributed by atoms with Gasteiger partial charge in [0.15, 0.2) is 0 Å². The molecule has 0 aliphatic carbocycles. The number of carbonyl (C=O) groups is 1. The predicted octanol–water partition coefficient (Wildman–Crippen LogP) is 2.66. The molecule has 2 amide bonds. The van der Waals surface area contributed by atoms with Gasteiger partial charge in [-0.2, -0.15) is 5.10 Å². The lowest BCUT2D eigenvalue weighted by atomic mass is 10.1. The van der Waals surface area contributed by atoms with Crippen LogP contribution >= 0.6 is 0 Å². The Morgan fingerprint density at radius 2 is 1.88 bits per heavy atom. The van der Waals surface area contributed by atoms with Gasteiger partial charge in [0.05, 0.1) is 19.3 Å². The van der Waals surface area contributed by atoms with E-state index in [1.54, 1.807) is 30.3 Å². The zero-order valence-electron chi connectivity index (χ0n) is 13.8. The second-order valence-electron chi connectivity index (χ2n) is 5.42. The van der Waals surface area contributed by atoms with Crippen LogP contribution in [0.3, 0.4) is 0 Å². The van der Waals surface area contributed by atoms with E-state index in [0.717, 1.165) is 11.1 Å². The number of hydrogen-bond donors (Lipinski definition) is 2. The molecular weight excluding hydrogens is 318 g/mol. The van der Waals surface area contributed by atoms with E-state index in [4.69, 9.17) is 4.74 Å². The lowest BCUT2D eigenvalue weighted by Crippen LogP contribution is -2.28. The molecule has 25 heavy (non-hydrogen) atoms. The maximum absolute atomic E-state index is 12.0. The minimum absolute atomic E-state index is 0.281. The minimum Gasteiger partial charge on any atom is -0.495 e. The molecule has 0 fully saturated rings. The molecule has 1 aromatic heterocycles. The monoisotopic (exact) mass is 337 g/mol. The molecule has 2 aromatic carbocycles. The molecule has 128 valence electrons. The van der Waals surface area contributed by atoms with Gasteiger partial charge in [-0.25, -0.2) is 14.5 Å². The Hall–Kier alpha value is -3.35. The number of urea groups is 1. The number of methoxy groups -OCH3 is 1. The predicted molar refractivity (Wildman–Crippen MR) is 94.4 cm³/mol. The molecule has 0 radical (unpaired) electrons. The Labute approximate surface area is 145 Å². The lowest BCUT2D eigenvalue weighted by Gasteiger charge is -2.11. The van der Waals surface area contributed by atoms with Crippen molar-refractivity contribution in [1.82, 2.24) is 20.1 Å². The average Bonchev–Trinajstić information content (AvgIpc) is 3.15. The van der Waals surface area contributed by atoms with Crippen molar-refractivity contribution < 1.29 is 9.53 Å². The zero-order valence-corrected chi connectivity index (χ0v) is 13.8. The fourth-order valence-electron chi connectivity index (χ4n) is 2.36. The summed E-state index contributed by atoms with van der Waals surface area (Å²) < 4.78 is 6.97. The molecule has 3 aromatic rings. The number of para-hydroxylation sites is 2. The third kappa shape index (κ3) is 4.57. The molecule has 7 nitrogen and oxygen atoms in total. The number of amides is 2. The Bertz CT molecular complexity index is 816. The number of rotatable bonds is 6. The third-order valence-corrected chi connectivity index (χ3v) is 3.64.